The highest BCUT2D eigenvalue weighted by atomic mass is 32.2. The van der Waals surface area contributed by atoms with Gasteiger partial charge in [0, 0.05) is 32.7 Å². The second kappa shape index (κ2) is 6.61. The molecule has 1 aliphatic rings. The minimum atomic E-state index is -3.47. The van der Waals surface area contributed by atoms with E-state index in [0.717, 1.165) is 31.9 Å². The Kier molecular flexibility index (Phi) is 5.04. The highest BCUT2D eigenvalue weighted by Gasteiger charge is 2.20. The summed E-state index contributed by atoms with van der Waals surface area (Å²) in [5, 5.41) is 8.95. The topological polar surface area (TPSA) is 98.9 Å². The smallest absolute Gasteiger partial charge is 0.240 e. The number of rotatable bonds is 5. The van der Waals surface area contributed by atoms with E-state index < -0.39 is 10.0 Å². The summed E-state index contributed by atoms with van der Waals surface area (Å²) < 4.78 is 26.1. The Bertz CT molecular complexity index is 583. The van der Waals surface area contributed by atoms with E-state index in [1.807, 2.05) is 0 Å². The first kappa shape index (κ1) is 16.0. The normalized spacial score (nSPS) is 17.1. The molecule has 1 fully saturated rings. The Balaban J connectivity index is 2.19. The second-order valence-corrected chi connectivity index (χ2v) is 6.87. The van der Waals surface area contributed by atoms with E-state index in [2.05, 4.69) is 14.5 Å². The summed E-state index contributed by atoms with van der Waals surface area (Å²) in [5.41, 5.74) is 7.30. The fraction of sp³-hybridized carbons (Fsp3) is 0.538. The largest absolute Gasteiger partial charge is 0.397 e. The molecule has 118 valence electrons. The van der Waals surface area contributed by atoms with Gasteiger partial charge in [-0.05, 0) is 25.2 Å². The van der Waals surface area contributed by atoms with Gasteiger partial charge in [0.15, 0.2) is 0 Å². The van der Waals surface area contributed by atoms with Crippen molar-refractivity contribution >= 4 is 21.4 Å². The predicted molar refractivity (Wildman–Crippen MR) is 82.8 cm³/mol. The molecule has 8 heteroatoms. The summed E-state index contributed by atoms with van der Waals surface area (Å²) in [6, 6.07) is 4.75. The van der Waals surface area contributed by atoms with Crippen LogP contribution in [0.25, 0.3) is 0 Å². The molecule has 1 aliphatic heterocycles. The molecule has 0 spiro atoms. The molecule has 0 radical (unpaired) electrons. The Morgan fingerprint density at radius 2 is 1.95 bits per heavy atom. The molecule has 1 aromatic rings. The highest BCUT2D eigenvalue weighted by molar-refractivity contribution is 7.89. The third kappa shape index (κ3) is 3.65. The molecule has 7 nitrogen and oxygen atoms in total. The first-order chi connectivity index (χ1) is 9.97. The second-order valence-electron chi connectivity index (χ2n) is 4.98. The van der Waals surface area contributed by atoms with Crippen LogP contribution in [0.2, 0.25) is 0 Å². The summed E-state index contributed by atoms with van der Waals surface area (Å²) in [7, 11) is -2.08. The molecule has 1 saturated heterocycles. The minimum Gasteiger partial charge on any atom is -0.397 e. The maximum absolute atomic E-state index is 11.9. The number of hydrogen-bond donors (Lipinski definition) is 3. The zero-order valence-electron chi connectivity index (χ0n) is 12.1. The Morgan fingerprint density at radius 3 is 2.52 bits per heavy atom. The van der Waals surface area contributed by atoms with Crippen LogP contribution in [0.15, 0.2) is 23.1 Å². The van der Waals surface area contributed by atoms with Crippen molar-refractivity contribution in [2.75, 3.05) is 57.0 Å². The van der Waals surface area contributed by atoms with Gasteiger partial charge in [0.2, 0.25) is 10.0 Å². The molecule has 0 saturated carbocycles. The van der Waals surface area contributed by atoms with Gasteiger partial charge in [-0.2, -0.15) is 0 Å². The number of aliphatic hydroxyl groups is 1. The molecule has 0 aliphatic carbocycles. The van der Waals surface area contributed by atoms with Crippen LogP contribution < -0.4 is 15.4 Å². The van der Waals surface area contributed by atoms with Gasteiger partial charge in [-0.1, -0.05) is 0 Å². The molecule has 0 unspecified atom stereocenters. The van der Waals surface area contributed by atoms with Crippen LogP contribution in [0.3, 0.4) is 0 Å². The lowest BCUT2D eigenvalue weighted by atomic mass is 10.2. The van der Waals surface area contributed by atoms with Crippen LogP contribution in [0, 0.1) is 0 Å². The Labute approximate surface area is 125 Å². The van der Waals surface area contributed by atoms with Crippen LogP contribution in [0.5, 0.6) is 0 Å². The van der Waals surface area contributed by atoms with Gasteiger partial charge in [-0.3, -0.25) is 4.90 Å². The lowest BCUT2D eigenvalue weighted by Crippen LogP contribution is -2.47. The van der Waals surface area contributed by atoms with Crippen molar-refractivity contribution in [3.8, 4) is 0 Å². The first-order valence-corrected chi connectivity index (χ1v) is 8.37. The molecule has 0 amide bonds. The van der Waals surface area contributed by atoms with Crippen molar-refractivity contribution in [2.24, 2.45) is 0 Å². The summed E-state index contributed by atoms with van der Waals surface area (Å²) in [6.07, 6.45) is 0. The van der Waals surface area contributed by atoms with Gasteiger partial charge in [0.1, 0.15) is 0 Å². The summed E-state index contributed by atoms with van der Waals surface area (Å²) in [4.78, 5) is 4.46. The average molecular weight is 314 g/mol. The molecule has 1 aromatic carbocycles. The Morgan fingerprint density at radius 1 is 1.29 bits per heavy atom. The zero-order valence-corrected chi connectivity index (χ0v) is 12.9. The molecule has 0 bridgehead atoms. The van der Waals surface area contributed by atoms with Crippen molar-refractivity contribution < 1.29 is 13.5 Å². The summed E-state index contributed by atoms with van der Waals surface area (Å²) in [5.74, 6) is 0. The van der Waals surface area contributed by atoms with Crippen molar-refractivity contribution in [3.63, 3.8) is 0 Å². The number of nitrogens with two attached hydrogens (primary N) is 1. The number of anilines is 2. The van der Waals surface area contributed by atoms with Crippen LogP contribution in [-0.2, 0) is 10.0 Å². The van der Waals surface area contributed by atoms with Crippen LogP contribution >= 0.6 is 0 Å². The van der Waals surface area contributed by atoms with Gasteiger partial charge in [0.25, 0.3) is 0 Å². The van der Waals surface area contributed by atoms with E-state index in [4.69, 9.17) is 10.8 Å². The number of hydrogen-bond acceptors (Lipinski definition) is 6. The highest BCUT2D eigenvalue weighted by Crippen LogP contribution is 2.27. The number of sulfonamides is 1. The van der Waals surface area contributed by atoms with Crippen molar-refractivity contribution in [2.45, 2.75) is 4.90 Å². The number of nitrogens with one attached hydrogen (secondary N) is 1. The molecule has 2 rings (SSSR count). The number of nitrogen functional groups attached to an aromatic ring is 1. The number of benzene rings is 1. The fourth-order valence-electron chi connectivity index (χ4n) is 2.44. The monoisotopic (exact) mass is 314 g/mol. The molecular weight excluding hydrogens is 292 g/mol. The third-order valence-corrected chi connectivity index (χ3v) is 5.12. The van der Waals surface area contributed by atoms with Gasteiger partial charge >= 0.3 is 0 Å². The third-order valence-electron chi connectivity index (χ3n) is 3.71. The minimum absolute atomic E-state index is 0.151. The number of piperazine rings is 1. The van der Waals surface area contributed by atoms with E-state index in [1.165, 1.54) is 13.1 Å². The number of β-amino-alcohol motifs (C(OH)–C–C–N with tert-alkyl or cyclic N) is 1. The zero-order chi connectivity index (χ0) is 15.5. The van der Waals surface area contributed by atoms with Crippen LogP contribution in [0.1, 0.15) is 0 Å². The van der Waals surface area contributed by atoms with E-state index in [0.29, 0.717) is 12.2 Å². The van der Waals surface area contributed by atoms with Gasteiger partial charge < -0.3 is 15.7 Å². The number of nitrogens with zero attached hydrogens (tertiary/aromatic N) is 2. The van der Waals surface area contributed by atoms with E-state index in [1.54, 1.807) is 12.1 Å². The predicted octanol–water partition coefficient (Wildman–Crippen LogP) is -0.709. The lowest BCUT2D eigenvalue weighted by Gasteiger charge is -2.36. The van der Waals surface area contributed by atoms with Crippen molar-refractivity contribution in [3.05, 3.63) is 18.2 Å². The summed E-state index contributed by atoms with van der Waals surface area (Å²) in [6.45, 7) is 3.97. The van der Waals surface area contributed by atoms with E-state index in [9.17, 15) is 8.42 Å². The van der Waals surface area contributed by atoms with Crippen molar-refractivity contribution in [1.29, 1.82) is 0 Å². The average Bonchev–Trinajstić information content (AvgIpc) is 2.49. The SMILES string of the molecule is CNS(=O)(=O)c1ccc(N)c(N2CCN(CCO)CC2)c1. The van der Waals surface area contributed by atoms with Crippen LogP contribution in [0.4, 0.5) is 11.4 Å². The maximum Gasteiger partial charge on any atom is 0.240 e. The van der Waals surface area contributed by atoms with Gasteiger partial charge in [-0.15, -0.1) is 0 Å². The standard InChI is InChI=1S/C13H22N4O3S/c1-15-21(19,20)11-2-3-12(14)13(10-11)17-6-4-16(5-7-17)8-9-18/h2-3,10,15,18H,4-9,14H2,1H3. The lowest BCUT2D eigenvalue weighted by molar-refractivity contribution is 0.189. The fourth-order valence-corrected chi connectivity index (χ4v) is 3.19. The molecule has 1 heterocycles. The van der Waals surface area contributed by atoms with Crippen LogP contribution in [-0.4, -0.2) is 64.8 Å². The first-order valence-electron chi connectivity index (χ1n) is 6.89. The number of aliphatic hydroxyl groups excluding tert-OH is 1. The molecular formula is C13H22N4O3S. The van der Waals surface area contributed by atoms with Gasteiger partial charge in [0.05, 0.1) is 22.9 Å². The van der Waals surface area contributed by atoms with Gasteiger partial charge in [-0.25, -0.2) is 13.1 Å². The Hall–Kier alpha value is -1.35. The van der Waals surface area contributed by atoms with Crippen molar-refractivity contribution in [1.82, 2.24) is 9.62 Å². The maximum atomic E-state index is 11.9. The molecule has 0 atom stereocenters. The molecule has 0 aromatic heterocycles. The van der Waals surface area contributed by atoms with E-state index in [-0.39, 0.29) is 11.5 Å². The van der Waals surface area contributed by atoms with E-state index >= 15 is 0 Å². The molecule has 4 N–H and O–H groups in total. The quantitative estimate of drug-likeness (QED) is 0.621. The molecule has 21 heavy (non-hydrogen) atoms. The summed E-state index contributed by atoms with van der Waals surface area (Å²) >= 11 is 0.